The number of aromatic nitrogens is 1. The van der Waals surface area contributed by atoms with E-state index in [9.17, 15) is 9.90 Å². The molecule has 0 bridgehead atoms. The highest BCUT2D eigenvalue weighted by molar-refractivity contribution is 6.42. The Morgan fingerprint density at radius 1 is 1.07 bits per heavy atom. The smallest absolute Gasteiger partial charge is 0.255 e. The molecule has 0 aliphatic rings. The number of nitrogens with zero attached hydrogens (tertiary/aromatic N) is 1. The summed E-state index contributed by atoms with van der Waals surface area (Å²) in [6, 6.07) is 15.1. The first-order chi connectivity index (χ1) is 12.9. The van der Waals surface area contributed by atoms with Crippen LogP contribution in [-0.2, 0) is 0 Å². The minimum absolute atomic E-state index is 0.313. The zero-order valence-corrected chi connectivity index (χ0v) is 15.8. The van der Waals surface area contributed by atoms with E-state index in [-0.39, 0.29) is 5.91 Å². The van der Waals surface area contributed by atoms with Crippen LogP contribution < -0.4 is 10.1 Å². The Bertz CT molecular complexity index is 942. The molecule has 3 rings (SSSR count). The number of hydrogen-bond donors (Lipinski definition) is 2. The summed E-state index contributed by atoms with van der Waals surface area (Å²) in [6.45, 7) is 1.70. The first-order valence-electron chi connectivity index (χ1n) is 8.11. The number of ether oxygens (including phenoxy) is 1. The highest BCUT2D eigenvalue weighted by Crippen LogP contribution is 2.24. The van der Waals surface area contributed by atoms with Crippen molar-refractivity contribution in [2.75, 3.05) is 5.32 Å². The molecule has 1 unspecified atom stereocenters. The summed E-state index contributed by atoms with van der Waals surface area (Å²) in [5.74, 6) is 0.657. The molecule has 0 fully saturated rings. The third-order valence-electron chi connectivity index (χ3n) is 3.76. The summed E-state index contributed by atoms with van der Waals surface area (Å²) in [6.07, 6.45) is 0.963. The van der Waals surface area contributed by atoms with Gasteiger partial charge in [0.2, 0.25) is 5.88 Å². The topological polar surface area (TPSA) is 71.5 Å². The number of nitrogens with one attached hydrogen (secondary N) is 1. The molecule has 2 aromatic carbocycles. The molecule has 7 heteroatoms. The van der Waals surface area contributed by atoms with Gasteiger partial charge in [-0.25, -0.2) is 4.98 Å². The van der Waals surface area contributed by atoms with Gasteiger partial charge < -0.3 is 15.2 Å². The molecule has 1 amide bonds. The first-order valence-corrected chi connectivity index (χ1v) is 8.86. The average molecular weight is 403 g/mol. The van der Waals surface area contributed by atoms with Gasteiger partial charge in [0, 0.05) is 11.6 Å². The van der Waals surface area contributed by atoms with Crippen LogP contribution in [0.2, 0.25) is 10.0 Å². The number of benzene rings is 2. The van der Waals surface area contributed by atoms with Crippen molar-refractivity contribution in [3.05, 3.63) is 82.0 Å². The SMILES string of the molecule is CC(O)c1ccc(Oc2ccc(NC(=O)c3ccc(Cl)c(Cl)c3)cn2)cc1. The van der Waals surface area contributed by atoms with Crippen LogP contribution in [0.3, 0.4) is 0 Å². The number of aliphatic hydroxyl groups excluding tert-OH is 1. The van der Waals surface area contributed by atoms with Crippen LogP contribution in [0, 0.1) is 0 Å². The lowest BCUT2D eigenvalue weighted by Gasteiger charge is -2.09. The molecule has 3 aromatic rings. The van der Waals surface area contributed by atoms with Crippen LogP contribution in [0.5, 0.6) is 11.6 Å². The Balaban J connectivity index is 1.64. The predicted molar refractivity (Wildman–Crippen MR) is 106 cm³/mol. The first kappa shape index (κ1) is 19.2. The van der Waals surface area contributed by atoms with E-state index in [1.165, 1.54) is 12.3 Å². The van der Waals surface area contributed by atoms with Gasteiger partial charge in [-0.1, -0.05) is 35.3 Å². The van der Waals surface area contributed by atoms with E-state index in [4.69, 9.17) is 27.9 Å². The molecule has 1 atom stereocenters. The number of aliphatic hydroxyl groups is 1. The van der Waals surface area contributed by atoms with Crippen molar-refractivity contribution in [3.8, 4) is 11.6 Å². The summed E-state index contributed by atoms with van der Waals surface area (Å²) < 4.78 is 5.65. The quantitative estimate of drug-likeness (QED) is 0.591. The van der Waals surface area contributed by atoms with E-state index in [0.29, 0.717) is 32.9 Å². The van der Waals surface area contributed by atoms with Gasteiger partial charge in [-0.3, -0.25) is 4.79 Å². The Kier molecular flexibility index (Phi) is 5.96. The Morgan fingerprint density at radius 2 is 1.81 bits per heavy atom. The maximum absolute atomic E-state index is 12.2. The number of carbonyl (C=O) groups is 1. The second-order valence-corrected chi connectivity index (χ2v) is 6.63. The standard InChI is InChI=1S/C20H16Cl2N2O3/c1-12(25)13-2-6-16(7-3-13)27-19-9-5-15(11-23-19)24-20(26)14-4-8-17(21)18(22)10-14/h2-12,25H,1H3,(H,24,26). The third-order valence-corrected chi connectivity index (χ3v) is 4.50. The summed E-state index contributed by atoms with van der Waals surface area (Å²) in [5.41, 5.74) is 1.71. The molecule has 0 aliphatic carbocycles. The Labute approximate surface area is 166 Å². The molecule has 5 nitrogen and oxygen atoms in total. The number of hydrogen-bond acceptors (Lipinski definition) is 4. The van der Waals surface area contributed by atoms with Gasteiger partial charge in [0.1, 0.15) is 5.75 Å². The van der Waals surface area contributed by atoms with Gasteiger partial charge in [0.15, 0.2) is 0 Å². The number of carbonyl (C=O) groups excluding carboxylic acids is 1. The van der Waals surface area contributed by atoms with Crippen LogP contribution >= 0.6 is 23.2 Å². The summed E-state index contributed by atoms with van der Waals surface area (Å²) in [4.78, 5) is 16.4. The molecular weight excluding hydrogens is 387 g/mol. The zero-order chi connectivity index (χ0) is 19.4. The molecule has 2 N–H and O–H groups in total. The Morgan fingerprint density at radius 3 is 2.41 bits per heavy atom. The minimum Gasteiger partial charge on any atom is -0.439 e. The van der Waals surface area contributed by atoms with E-state index in [1.807, 2.05) is 0 Å². The van der Waals surface area contributed by atoms with Crippen molar-refractivity contribution >= 4 is 34.8 Å². The van der Waals surface area contributed by atoms with Crippen LogP contribution in [0.15, 0.2) is 60.8 Å². The maximum Gasteiger partial charge on any atom is 0.255 e. The fraction of sp³-hybridized carbons (Fsp3) is 0.100. The largest absolute Gasteiger partial charge is 0.439 e. The highest BCUT2D eigenvalue weighted by Gasteiger charge is 2.09. The summed E-state index contributed by atoms with van der Waals surface area (Å²) in [5, 5.41) is 12.9. The van der Waals surface area contributed by atoms with E-state index in [0.717, 1.165) is 5.56 Å². The van der Waals surface area contributed by atoms with Crippen molar-refractivity contribution in [2.45, 2.75) is 13.0 Å². The summed E-state index contributed by atoms with van der Waals surface area (Å²) in [7, 11) is 0. The lowest BCUT2D eigenvalue weighted by molar-refractivity contribution is 0.102. The number of rotatable bonds is 5. The number of halogens is 2. The van der Waals surface area contributed by atoms with Gasteiger partial charge in [0.05, 0.1) is 28.0 Å². The molecular formula is C20H16Cl2N2O3. The molecule has 1 aromatic heterocycles. The molecule has 0 radical (unpaired) electrons. The minimum atomic E-state index is -0.532. The van der Waals surface area contributed by atoms with E-state index in [1.54, 1.807) is 55.5 Å². The third kappa shape index (κ3) is 4.98. The van der Waals surface area contributed by atoms with Crippen molar-refractivity contribution in [3.63, 3.8) is 0 Å². The van der Waals surface area contributed by atoms with Gasteiger partial charge in [-0.15, -0.1) is 0 Å². The number of anilines is 1. The monoisotopic (exact) mass is 402 g/mol. The van der Waals surface area contributed by atoms with Crippen molar-refractivity contribution in [1.29, 1.82) is 0 Å². The van der Waals surface area contributed by atoms with Crippen molar-refractivity contribution in [1.82, 2.24) is 4.98 Å². The van der Waals surface area contributed by atoms with Gasteiger partial charge >= 0.3 is 0 Å². The van der Waals surface area contributed by atoms with E-state index >= 15 is 0 Å². The second-order valence-electron chi connectivity index (χ2n) is 5.82. The van der Waals surface area contributed by atoms with Gasteiger partial charge in [-0.05, 0) is 48.9 Å². The van der Waals surface area contributed by atoms with Crippen molar-refractivity contribution < 1.29 is 14.6 Å². The lowest BCUT2D eigenvalue weighted by atomic mass is 10.1. The molecule has 138 valence electrons. The van der Waals surface area contributed by atoms with Gasteiger partial charge in [-0.2, -0.15) is 0 Å². The molecule has 0 saturated heterocycles. The fourth-order valence-corrected chi connectivity index (χ4v) is 2.59. The fourth-order valence-electron chi connectivity index (χ4n) is 2.29. The molecule has 0 spiro atoms. The van der Waals surface area contributed by atoms with Crippen LogP contribution in [-0.4, -0.2) is 16.0 Å². The van der Waals surface area contributed by atoms with Crippen LogP contribution in [0.1, 0.15) is 28.9 Å². The Hall–Kier alpha value is -2.60. The van der Waals surface area contributed by atoms with E-state index < -0.39 is 6.10 Å². The normalized spacial score (nSPS) is 11.7. The van der Waals surface area contributed by atoms with Crippen molar-refractivity contribution in [2.24, 2.45) is 0 Å². The average Bonchev–Trinajstić information content (AvgIpc) is 2.66. The second kappa shape index (κ2) is 8.39. The molecule has 0 aliphatic heterocycles. The maximum atomic E-state index is 12.2. The lowest BCUT2D eigenvalue weighted by Crippen LogP contribution is -2.12. The van der Waals surface area contributed by atoms with Crippen LogP contribution in [0.25, 0.3) is 0 Å². The number of pyridine rings is 1. The highest BCUT2D eigenvalue weighted by atomic mass is 35.5. The van der Waals surface area contributed by atoms with E-state index in [2.05, 4.69) is 10.3 Å². The zero-order valence-electron chi connectivity index (χ0n) is 14.3. The molecule has 27 heavy (non-hydrogen) atoms. The van der Waals surface area contributed by atoms with Gasteiger partial charge in [0.25, 0.3) is 5.91 Å². The summed E-state index contributed by atoms with van der Waals surface area (Å²) >= 11 is 11.8. The number of amides is 1. The predicted octanol–water partition coefficient (Wildman–Crippen LogP) is 5.49. The molecule has 1 heterocycles. The van der Waals surface area contributed by atoms with Crippen LogP contribution in [0.4, 0.5) is 5.69 Å². The molecule has 0 saturated carbocycles.